The Hall–Kier alpha value is -1.10. The predicted molar refractivity (Wildman–Crippen MR) is 57.3 cm³/mol. The standard InChI is InChI=1S/C9H9B2F3NO/c1-16-11-15-8-3-2-7(9(12,13)14)4-6(8)5-10/h2-4,15H,5H2,1H3. The summed E-state index contributed by atoms with van der Waals surface area (Å²) in [5.74, 6) is 0. The zero-order valence-corrected chi connectivity index (χ0v) is 8.64. The number of hydrogen-bond acceptors (Lipinski definition) is 2. The second-order valence-corrected chi connectivity index (χ2v) is 3.07. The first-order valence-electron chi connectivity index (χ1n) is 4.50. The van der Waals surface area contributed by atoms with Gasteiger partial charge in [0.15, 0.2) is 0 Å². The van der Waals surface area contributed by atoms with E-state index in [1.165, 1.54) is 20.8 Å². The Morgan fingerprint density at radius 3 is 2.62 bits per heavy atom. The van der Waals surface area contributed by atoms with Gasteiger partial charge in [0.1, 0.15) is 0 Å². The van der Waals surface area contributed by atoms with Crippen molar-refractivity contribution in [3.05, 3.63) is 29.3 Å². The van der Waals surface area contributed by atoms with E-state index in [-0.39, 0.29) is 6.32 Å². The molecule has 2 nitrogen and oxygen atoms in total. The number of nitrogens with one attached hydrogen (secondary N) is 1. The summed E-state index contributed by atoms with van der Waals surface area (Å²) in [6.45, 7) is 0. The van der Waals surface area contributed by atoms with E-state index in [0.29, 0.717) is 11.3 Å². The van der Waals surface area contributed by atoms with Gasteiger partial charge < -0.3 is 9.88 Å². The normalized spacial score (nSPS) is 11.2. The number of hydrogen-bond donors (Lipinski definition) is 1. The highest BCUT2D eigenvalue weighted by molar-refractivity contribution is 6.32. The summed E-state index contributed by atoms with van der Waals surface area (Å²) >= 11 is 0. The number of rotatable bonds is 4. The van der Waals surface area contributed by atoms with Crippen LogP contribution in [-0.2, 0) is 17.2 Å². The second-order valence-electron chi connectivity index (χ2n) is 3.07. The zero-order chi connectivity index (χ0) is 12.2. The average molecular weight is 226 g/mol. The minimum Gasteiger partial charge on any atom is -0.422 e. The maximum atomic E-state index is 12.4. The lowest BCUT2D eigenvalue weighted by Crippen LogP contribution is -2.12. The summed E-state index contributed by atoms with van der Waals surface area (Å²) in [7, 11) is 8.07. The van der Waals surface area contributed by atoms with Crippen molar-refractivity contribution >= 4 is 21.2 Å². The van der Waals surface area contributed by atoms with Gasteiger partial charge in [0, 0.05) is 12.8 Å². The fourth-order valence-corrected chi connectivity index (χ4v) is 1.20. The fraction of sp³-hybridized carbons (Fsp3) is 0.333. The van der Waals surface area contributed by atoms with Gasteiger partial charge in [-0.25, -0.2) is 0 Å². The minimum atomic E-state index is -4.35. The molecule has 0 atom stereocenters. The Morgan fingerprint density at radius 1 is 1.44 bits per heavy atom. The smallest absolute Gasteiger partial charge is 0.422 e. The van der Waals surface area contributed by atoms with E-state index in [1.54, 1.807) is 0 Å². The van der Waals surface area contributed by atoms with Crippen molar-refractivity contribution in [2.24, 2.45) is 0 Å². The Kier molecular flexibility index (Phi) is 4.29. The van der Waals surface area contributed by atoms with Gasteiger partial charge in [-0.3, -0.25) is 0 Å². The van der Waals surface area contributed by atoms with Gasteiger partial charge in [-0.15, -0.1) is 0 Å². The minimum absolute atomic E-state index is 0.0177. The monoisotopic (exact) mass is 226 g/mol. The van der Waals surface area contributed by atoms with E-state index >= 15 is 0 Å². The summed E-state index contributed by atoms with van der Waals surface area (Å²) in [5.41, 5.74) is 0.163. The van der Waals surface area contributed by atoms with Crippen LogP contribution in [0.5, 0.6) is 0 Å². The van der Waals surface area contributed by atoms with E-state index < -0.39 is 11.7 Å². The molecule has 0 heterocycles. The predicted octanol–water partition coefficient (Wildman–Crippen LogP) is 1.97. The van der Waals surface area contributed by atoms with Crippen molar-refractivity contribution in [2.45, 2.75) is 12.5 Å². The Morgan fingerprint density at radius 2 is 2.12 bits per heavy atom. The van der Waals surface area contributed by atoms with Crippen LogP contribution in [0.2, 0.25) is 0 Å². The molecule has 1 N–H and O–H groups in total. The van der Waals surface area contributed by atoms with E-state index in [9.17, 15) is 13.2 Å². The van der Waals surface area contributed by atoms with E-state index in [1.807, 2.05) is 0 Å². The van der Waals surface area contributed by atoms with Crippen molar-refractivity contribution in [1.29, 1.82) is 0 Å². The average Bonchev–Trinajstić information content (AvgIpc) is 2.24. The van der Waals surface area contributed by atoms with Gasteiger partial charge in [-0.05, 0) is 23.8 Å². The third-order valence-corrected chi connectivity index (χ3v) is 1.98. The summed E-state index contributed by atoms with van der Waals surface area (Å²) in [6.07, 6.45) is -4.34. The lowest BCUT2D eigenvalue weighted by atomic mass is 9.93. The van der Waals surface area contributed by atoms with Gasteiger partial charge in [-0.2, -0.15) is 13.2 Å². The van der Waals surface area contributed by atoms with E-state index in [4.69, 9.17) is 7.85 Å². The highest BCUT2D eigenvalue weighted by Gasteiger charge is 2.30. The molecule has 0 spiro atoms. The van der Waals surface area contributed by atoms with Gasteiger partial charge >= 0.3 is 13.8 Å². The van der Waals surface area contributed by atoms with Gasteiger partial charge in [0.25, 0.3) is 0 Å². The first-order chi connectivity index (χ1) is 7.49. The second kappa shape index (κ2) is 5.30. The molecule has 0 aliphatic heterocycles. The van der Waals surface area contributed by atoms with Crippen molar-refractivity contribution < 1.29 is 17.8 Å². The van der Waals surface area contributed by atoms with Crippen molar-refractivity contribution in [1.82, 2.24) is 0 Å². The molecule has 1 aromatic carbocycles. The third kappa shape index (κ3) is 3.20. The molecule has 0 unspecified atom stereocenters. The molecule has 1 aromatic rings. The highest BCUT2D eigenvalue weighted by Crippen LogP contribution is 2.31. The molecule has 0 fully saturated rings. The van der Waals surface area contributed by atoms with Gasteiger partial charge in [-0.1, -0.05) is 6.32 Å². The molecular formula is C9H9B2F3NO. The molecule has 16 heavy (non-hydrogen) atoms. The lowest BCUT2D eigenvalue weighted by Gasteiger charge is -2.13. The van der Waals surface area contributed by atoms with Crippen LogP contribution in [0.1, 0.15) is 11.1 Å². The fourth-order valence-electron chi connectivity index (χ4n) is 1.20. The molecule has 0 aliphatic carbocycles. The molecule has 83 valence electrons. The Balaban J connectivity index is 2.97. The van der Waals surface area contributed by atoms with Crippen molar-refractivity contribution in [3.8, 4) is 0 Å². The van der Waals surface area contributed by atoms with Crippen LogP contribution in [-0.4, -0.2) is 22.6 Å². The third-order valence-electron chi connectivity index (χ3n) is 1.98. The van der Waals surface area contributed by atoms with Crippen LogP contribution in [0.4, 0.5) is 18.9 Å². The number of alkyl halides is 3. The first-order valence-corrected chi connectivity index (χ1v) is 4.50. The maximum Gasteiger partial charge on any atom is 0.435 e. The topological polar surface area (TPSA) is 21.3 Å². The molecule has 0 aromatic heterocycles. The molecule has 0 saturated heterocycles. The maximum absolute atomic E-state index is 12.4. The van der Waals surface area contributed by atoms with Crippen LogP contribution in [0.3, 0.4) is 0 Å². The first kappa shape index (κ1) is 13.0. The van der Waals surface area contributed by atoms with Gasteiger partial charge in [0.2, 0.25) is 0 Å². The Bertz CT molecular complexity index is 357. The molecule has 1 rings (SSSR count). The van der Waals surface area contributed by atoms with Crippen LogP contribution in [0.25, 0.3) is 0 Å². The number of benzene rings is 1. The largest absolute Gasteiger partial charge is 0.435 e. The van der Waals surface area contributed by atoms with Gasteiger partial charge in [0.05, 0.1) is 13.4 Å². The number of halogens is 3. The van der Waals surface area contributed by atoms with Crippen molar-refractivity contribution in [2.75, 3.05) is 12.3 Å². The molecule has 3 radical (unpaired) electrons. The molecule has 0 aliphatic rings. The Labute approximate surface area is 93.9 Å². The van der Waals surface area contributed by atoms with Crippen LogP contribution in [0, 0.1) is 0 Å². The zero-order valence-electron chi connectivity index (χ0n) is 8.64. The molecule has 0 saturated carbocycles. The van der Waals surface area contributed by atoms with Crippen molar-refractivity contribution in [3.63, 3.8) is 0 Å². The summed E-state index contributed by atoms with van der Waals surface area (Å²) in [4.78, 5) is 0. The summed E-state index contributed by atoms with van der Waals surface area (Å²) in [5, 5.41) is 2.70. The molecule has 0 bridgehead atoms. The van der Waals surface area contributed by atoms with E-state index in [2.05, 4.69) is 9.88 Å². The van der Waals surface area contributed by atoms with Crippen LogP contribution >= 0.6 is 0 Å². The summed E-state index contributed by atoms with van der Waals surface area (Å²) in [6, 6.07) is 3.33. The lowest BCUT2D eigenvalue weighted by molar-refractivity contribution is -0.137. The molecular weight excluding hydrogens is 217 g/mol. The highest BCUT2D eigenvalue weighted by atomic mass is 19.4. The number of anilines is 1. The van der Waals surface area contributed by atoms with Crippen LogP contribution < -0.4 is 5.23 Å². The SMILES string of the molecule is [B]Cc1cc(C(F)(F)F)ccc1N[B]OC. The van der Waals surface area contributed by atoms with E-state index in [0.717, 1.165) is 12.1 Å². The van der Waals surface area contributed by atoms with Crippen LogP contribution in [0.15, 0.2) is 18.2 Å². The molecule has 7 heteroatoms. The summed E-state index contributed by atoms with van der Waals surface area (Å²) < 4.78 is 41.8. The molecule has 0 amide bonds. The quantitative estimate of drug-likeness (QED) is 0.792.